The highest BCUT2D eigenvalue weighted by atomic mass is 79.9. The van der Waals surface area contributed by atoms with Gasteiger partial charge in [-0.3, -0.25) is 4.79 Å². The molecular formula is C15H14BrFN2O2. The summed E-state index contributed by atoms with van der Waals surface area (Å²) in [6.07, 6.45) is 0. The van der Waals surface area contributed by atoms with Crippen LogP contribution in [0.25, 0.3) is 0 Å². The van der Waals surface area contributed by atoms with Gasteiger partial charge in [-0.2, -0.15) is 0 Å². The quantitative estimate of drug-likeness (QED) is 0.867. The topological polar surface area (TPSA) is 64.3 Å². The average molecular weight is 353 g/mol. The minimum atomic E-state index is -0.584. The number of anilines is 1. The maximum absolute atomic E-state index is 13.8. The second-order valence-electron chi connectivity index (χ2n) is 4.37. The van der Waals surface area contributed by atoms with E-state index >= 15 is 0 Å². The van der Waals surface area contributed by atoms with Crippen LogP contribution in [0.3, 0.4) is 0 Å². The zero-order chi connectivity index (χ0) is 15.4. The summed E-state index contributed by atoms with van der Waals surface area (Å²) in [7, 11) is 1.57. The number of halogens is 2. The van der Waals surface area contributed by atoms with E-state index in [1.165, 1.54) is 18.2 Å². The lowest BCUT2D eigenvalue weighted by Gasteiger charge is -2.11. The Morgan fingerprint density at radius 1 is 1.33 bits per heavy atom. The smallest absolute Gasteiger partial charge is 0.248 e. The van der Waals surface area contributed by atoms with E-state index in [9.17, 15) is 9.18 Å². The number of methoxy groups -OCH3 is 1. The fourth-order valence-corrected chi connectivity index (χ4v) is 2.21. The first-order chi connectivity index (χ1) is 10.0. The molecule has 0 aliphatic heterocycles. The van der Waals surface area contributed by atoms with Crippen molar-refractivity contribution in [3.8, 4) is 5.75 Å². The molecule has 0 aliphatic rings. The zero-order valence-electron chi connectivity index (χ0n) is 11.3. The van der Waals surface area contributed by atoms with E-state index in [0.29, 0.717) is 11.3 Å². The lowest BCUT2D eigenvalue weighted by atomic mass is 10.1. The molecule has 4 nitrogen and oxygen atoms in total. The van der Waals surface area contributed by atoms with Gasteiger partial charge in [0, 0.05) is 28.2 Å². The summed E-state index contributed by atoms with van der Waals surface area (Å²) in [6, 6.07) is 9.47. The Balaban J connectivity index is 2.20. The molecule has 0 bridgehead atoms. The van der Waals surface area contributed by atoms with Crippen LogP contribution in [-0.2, 0) is 6.54 Å². The van der Waals surface area contributed by atoms with Crippen LogP contribution in [0.4, 0.5) is 10.1 Å². The third-order valence-electron chi connectivity index (χ3n) is 2.97. The monoisotopic (exact) mass is 352 g/mol. The summed E-state index contributed by atoms with van der Waals surface area (Å²) in [5.74, 6) is -0.294. The number of carbonyl (C=O) groups is 1. The van der Waals surface area contributed by atoms with Crippen LogP contribution < -0.4 is 15.8 Å². The van der Waals surface area contributed by atoms with Crippen molar-refractivity contribution in [1.82, 2.24) is 0 Å². The van der Waals surface area contributed by atoms with E-state index in [2.05, 4.69) is 21.2 Å². The second kappa shape index (κ2) is 6.58. The molecule has 0 aromatic heterocycles. The van der Waals surface area contributed by atoms with Crippen LogP contribution in [0.1, 0.15) is 15.9 Å². The summed E-state index contributed by atoms with van der Waals surface area (Å²) in [5.41, 5.74) is 6.60. The Labute approximate surface area is 130 Å². The Morgan fingerprint density at radius 3 is 2.76 bits per heavy atom. The fourth-order valence-electron chi connectivity index (χ4n) is 1.82. The van der Waals surface area contributed by atoms with Crippen molar-refractivity contribution in [1.29, 1.82) is 0 Å². The van der Waals surface area contributed by atoms with Crippen LogP contribution in [0.2, 0.25) is 0 Å². The number of rotatable bonds is 5. The van der Waals surface area contributed by atoms with Gasteiger partial charge in [-0.1, -0.05) is 0 Å². The summed E-state index contributed by atoms with van der Waals surface area (Å²) in [6.45, 7) is 0.221. The normalized spacial score (nSPS) is 10.2. The Bertz CT molecular complexity index is 677. The zero-order valence-corrected chi connectivity index (χ0v) is 12.9. The molecule has 0 aliphatic carbocycles. The number of ether oxygens (including phenoxy) is 1. The highest BCUT2D eigenvalue weighted by molar-refractivity contribution is 9.10. The van der Waals surface area contributed by atoms with Crippen molar-refractivity contribution >= 4 is 27.5 Å². The number of nitrogens with one attached hydrogen (secondary N) is 1. The molecule has 2 aromatic rings. The second-order valence-corrected chi connectivity index (χ2v) is 5.22. The van der Waals surface area contributed by atoms with Gasteiger partial charge in [0.1, 0.15) is 11.6 Å². The van der Waals surface area contributed by atoms with Gasteiger partial charge in [-0.25, -0.2) is 4.39 Å². The van der Waals surface area contributed by atoms with Crippen molar-refractivity contribution in [3.63, 3.8) is 0 Å². The van der Waals surface area contributed by atoms with Gasteiger partial charge < -0.3 is 15.8 Å². The maximum Gasteiger partial charge on any atom is 0.248 e. The van der Waals surface area contributed by atoms with Gasteiger partial charge in [-0.15, -0.1) is 0 Å². The number of primary amides is 1. The Morgan fingerprint density at radius 2 is 2.10 bits per heavy atom. The van der Waals surface area contributed by atoms with Crippen LogP contribution in [-0.4, -0.2) is 13.0 Å². The van der Waals surface area contributed by atoms with Crippen molar-refractivity contribution in [2.45, 2.75) is 6.54 Å². The summed E-state index contributed by atoms with van der Waals surface area (Å²) >= 11 is 3.40. The van der Waals surface area contributed by atoms with Gasteiger partial charge in [0.25, 0.3) is 0 Å². The highest BCUT2D eigenvalue weighted by Gasteiger charge is 2.08. The van der Waals surface area contributed by atoms with Crippen LogP contribution in [0.5, 0.6) is 5.75 Å². The standard InChI is InChI=1S/C15H14BrFN2O2/c1-21-11-3-4-12(16)14(7-11)19-8-10-6-9(15(18)20)2-5-13(10)17/h2-7,19H,8H2,1H3,(H2,18,20). The minimum Gasteiger partial charge on any atom is -0.497 e. The molecule has 0 fully saturated rings. The molecule has 0 saturated carbocycles. The van der Waals surface area contributed by atoms with E-state index in [0.717, 1.165) is 10.2 Å². The number of hydrogen-bond donors (Lipinski definition) is 2. The Kier molecular flexibility index (Phi) is 4.80. The van der Waals surface area contributed by atoms with E-state index in [4.69, 9.17) is 10.5 Å². The minimum absolute atomic E-state index is 0.221. The first kappa shape index (κ1) is 15.3. The van der Waals surface area contributed by atoms with Crippen LogP contribution in [0.15, 0.2) is 40.9 Å². The average Bonchev–Trinajstić information content (AvgIpc) is 2.47. The van der Waals surface area contributed by atoms with E-state index in [-0.39, 0.29) is 12.1 Å². The maximum atomic E-state index is 13.8. The molecule has 0 radical (unpaired) electrons. The number of hydrogen-bond acceptors (Lipinski definition) is 3. The molecule has 6 heteroatoms. The van der Waals surface area contributed by atoms with E-state index in [1.54, 1.807) is 13.2 Å². The highest BCUT2D eigenvalue weighted by Crippen LogP contribution is 2.27. The molecule has 21 heavy (non-hydrogen) atoms. The molecule has 0 unspecified atom stereocenters. The number of benzene rings is 2. The lowest BCUT2D eigenvalue weighted by molar-refractivity contribution is 0.1000. The van der Waals surface area contributed by atoms with Gasteiger partial charge in [-0.05, 0) is 46.3 Å². The number of amides is 1. The van der Waals surface area contributed by atoms with Crippen LogP contribution >= 0.6 is 15.9 Å². The third-order valence-corrected chi connectivity index (χ3v) is 3.66. The third kappa shape index (κ3) is 3.72. The van der Waals surface area contributed by atoms with E-state index < -0.39 is 11.7 Å². The predicted molar refractivity (Wildman–Crippen MR) is 82.9 cm³/mol. The molecule has 110 valence electrons. The van der Waals surface area contributed by atoms with Crippen molar-refractivity contribution in [2.75, 3.05) is 12.4 Å². The molecule has 2 rings (SSSR count). The SMILES string of the molecule is COc1ccc(Br)c(NCc2cc(C(N)=O)ccc2F)c1. The number of nitrogens with two attached hydrogens (primary N) is 1. The predicted octanol–water partition coefficient (Wildman–Crippen LogP) is 3.31. The summed E-state index contributed by atoms with van der Waals surface area (Å²) < 4.78 is 19.7. The first-order valence-electron chi connectivity index (χ1n) is 6.17. The Hall–Kier alpha value is -2.08. The first-order valence-corrected chi connectivity index (χ1v) is 6.96. The molecule has 0 spiro atoms. The summed E-state index contributed by atoms with van der Waals surface area (Å²) in [4.78, 5) is 11.1. The van der Waals surface area contributed by atoms with Crippen molar-refractivity contribution < 1.29 is 13.9 Å². The molecule has 0 atom stereocenters. The molecular weight excluding hydrogens is 339 g/mol. The van der Waals surface area contributed by atoms with Gasteiger partial charge >= 0.3 is 0 Å². The molecule has 0 saturated heterocycles. The fraction of sp³-hybridized carbons (Fsp3) is 0.133. The summed E-state index contributed by atoms with van der Waals surface area (Å²) in [5, 5.41) is 3.09. The number of carbonyl (C=O) groups excluding carboxylic acids is 1. The van der Waals surface area contributed by atoms with Crippen molar-refractivity contribution in [2.24, 2.45) is 5.73 Å². The molecule has 2 aromatic carbocycles. The molecule has 1 amide bonds. The van der Waals surface area contributed by atoms with Gasteiger partial charge in [0.05, 0.1) is 12.8 Å². The van der Waals surface area contributed by atoms with Gasteiger partial charge in [0.15, 0.2) is 0 Å². The van der Waals surface area contributed by atoms with Crippen LogP contribution in [0, 0.1) is 5.82 Å². The molecule has 3 N–H and O–H groups in total. The largest absolute Gasteiger partial charge is 0.497 e. The van der Waals surface area contributed by atoms with Gasteiger partial charge in [0.2, 0.25) is 5.91 Å². The van der Waals surface area contributed by atoms with Crippen molar-refractivity contribution in [3.05, 3.63) is 57.8 Å². The van der Waals surface area contributed by atoms with E-state index in [1.807, 2.05) is 12.1 Å². The molecule has 0 heterocycles. The lowest BCUT2D eigenvalue weighted by Crippen LogP contribution is -2.12.